The standard InChI is InChI=1S/C17H23BrO2/c1-13(19)20-17(15-10-6-3-7-11-15)12-16(18)14-8-4-2-5-9-14/h2,4-5,8-9,15-17H,3,6-7,10-12H2,1H3/t16-,17+/m0/s1. The van der Waals surface area contributed by atoms with Crippen molar-refractivity contribution in [1.82, 2.24) is 0 Å². The highest BCUT2D eigenvalue weighted by atomic mass is 79.9. The SMILES string of the molecule is CC(=O)O[C@H](C[C@H](Br)c1ccccc1)C1CCCCC1. The van der Waals surface area contributed by atoms with E-state index < -0.39 is 0 Å². The zero-order valence-corrected chi connectivity index (χ0v) is 13.6. The molecule has 0 saturated heterocycles. The van der Waals surface area contributed by atoms with Gasteiger partial charge in [-0.25, -0.2) is 0 Å². The lowest BCUT2D eigenvalue weighted by atomic mass is 9.83. The molecule has 110 valence electrons. The molecule has 0 N–H and O–H groups in total. The van der Waals surface area contributed by atoms with E-state index in [1.807, 2.05) is 18.2 Å². The van der Waals surface area contributed by atoms with Gasteiger partial charge in [-0.05, 0) is 24.3 Å². The minimum absolute atomic E-state index is 0.0392. The van der Waals surface area contributed by atoms with Gasteiger partial charge in [0.15, 0.2) is 0 Å². The largest absolute Gasteiger partial charge is 0.462 e. The molecule has 3 heteroatoms. The first-order valence-corrected chi connectivity index (χ1v) is 8.44. The third-order valence-corrected chi connectivity index (χ3v) is 5.00. The summed E-state index contributed by atoms with van der Waals surface area (Å²) in [5.74, 6) is 0.366. The maximum atomic E-state index is 11.4. The molecule has 1 aliphatic carbocycles. The lowest BCUT2D eigenvalue weighted by Gasteiger charge is -2.31. The maximum Gasteiger partial charge on any atom is 0.302 e. The molecule has 0 radical (unpaired) electrons. The second kappa shape index (κ2) is 7.82. The van der Waals surface area contributed by atoms with Crippen LogP contribution in [0.3, 0.4) is 0 Å². The van der Waals surface area contributed by atoms with Gasteiger partial charge >= 0.3 is 5.97 Å². The molecule has 0 unspecified atom stereocenters. The maximum absolute atomic E-state index is 11.4. The quantitative estimate of drug-likeness (QED) is 0.556. The van der Waals surface area contributed by atoms with Crippen molar-refractivity contribution in [1.29, 1.82) is 0 Å². The van der Waals surface area contributed by atoms with Gasteiger partial charge in [0.25, 0.3) is 0 Å². The van der Waals surface area contributed by atoms with E-state index in [0.717, 1.165) is 6.42 Å². The van der Waals surface area contributed by atoms with Crippen LogP contribution in [0.25, 0.3) is 0 Å². The second-order valence-corrected chi connectivity index (χ2v) is 6.77. The van der Waals surface area contributed by atoms with Crippen molar-refractivity contribution >= 4 is 21.9 Å². The van der Waals surface area contributed by atoms with Gasteiger partial charge in [-0.1, -0.05) is 65.5 Å². The van der Waals surface area contributed by atoms with Gasteiger partial charge in [0.05, 0.1) is 0 Å². The summed E-state index contributed by atoms with van der Waals surface area (Å²) in [6.07, 6.45) is 7.12. The molecule has 0 spiro atoms. The number of ether oxygens (including phenoxy) is 1. The van der Waals surface area contributed by atoms with E-state index in [1.54, 1.807) is 0 Å². The van der Waals surface area contributed by atoms with Crippen LogP contribution in [-0.4, -0.2) is 12.1 Å². The number of hydrogen-bond donors (Lipinski definition) is 0. The number of halogens is 1. The number of rotatable bonds is 5. The van der Waals surface area contributed by atoms with Gasteiger partial charge in [0, 0.05) is 18.2 Å². The van der Waals surface area contributed by atoms with Crippen LogP contribution in [0, 0.1) is 5.92 Å². The number of esters is 1. The van der Waals surface area contributed by atoms with Crippen LogP contribution in [-0.2, 0) is 9.53 Å². The van der Waals surface area contributed by atoms with Crippen LogP contribution < -0.4 is 0 Å². The minimum Gasteiger partial charge on any atom is -0.462 e. The van der Waals surface area contributed by atoms with E-state index in [9.17, 15) is 4.79 Å². The number of carbonyl (C=O) groups excluding carboxylic acids is 1. The predicted octanol–water partition coefficient (Wildman–Crippen LogP) is 5.02. The van der Waals surface area contributed by atoms with E-state index in [4.69, 9.17) is 4.74 Å². The van der Waals surface area contributed by atoms with Crippen LogP contribution >= 0.6 is 15.9 Å². The highest BCUT2D eigenvalue weighted by molar-refractivity contribution is 9.09. The fraction of sp³-hybridized carbons (Fsp3) is 0.588. The molecule has 0 heterocycles. The highest BCUT2D eigenvalue weighted by Gasteiger charge is 2.28. The predicted molar refractivity (Wildman–Crippen MR) is 84.9 cm³/mol. The van der Waals surface area contributed by atoms with E-state index in [1.165, 1.54) is 44.6 Å². The number of alkyl halides is 1. The zero-order valence-electron chi connectivity index (χ0n) is 12.1. The van der Waals surface area contributed by atoms with E-state index in [0.29, 0.717) is 5.92 Å². The average molecular weight is 339 g/mol. The van der Waals surface area contributed by atoms with Crippen LogP contribution in [0.4, 0.5) is 0 Å². The van der Waals surface area contributed by atoms with E-state index >= 15 is 0 Å². The lowest BCUT2D eigenvalue weighted by molar-refractivity contribution is -0.150. The van der Waals surface area contributed by atoms with Gasteiger partial charge in [0.2, 0.25) is 0 Å². The second-order valence-electron chi connectivity index (χ2n) is 5.66. The minimum atomic E-state index is -0.159. The van der Waals surface area contributed by atoms with E-state index in [-0.39, 0.29) is 16.9 Å². The van der Waals surface area contributed by atoms with E-state index in [2.05, 4.69) is 28.1 Å². The van der Waals surface area contributed by atoms with Crippen molar-refractivity contribution in [3.8, 4) is 0 Å². The van der Waals surface area contributed by atoms with Crippen molar-refractivity contribution in [2.45, 2.75) is 56.4 Å². The summed E-state index contributed by atoms with van der Waals surface area (Å²) >= 11 is 3.75. The summed E-state index contributed by atoms with van der Waals surface area (Å²) in [4.78, 5) is 11.6. The van der Waals surface area contributed by atoms with Gasteiger partial charge in [0.1, 0.15) is 6.10 Å². The number of benzene rings is 1. The Kier molecular flexibility index (Phi) is 6.08. The molecule has 0 aromatic heterocycles. The third-order valence-electron chi connectivity index (χ3n) is 4.09. The summed E-state index contributed by atoms with van der Waals surface area (Å²) in [6, 6.07) is 10.3. The van der Waals surface area contributed by atoms with Crippen LogP contribution in [0.5, 0.6) is 0 Å². The first kappa shape index (κ1) is 15.6. The van der Waals surface area contributed by atoms with Gasteiger partial charge in [-0.2, -0.15) is 0 Å². The zero-order chi connectivity index (χ0) is 14.4. The molecule has 1 aromatic carbocycles. The van der Waals surface area contributed by atoms with Crippen molar-refractivity contribution in [2.24, 2.45) is 5.92 Å². The Morgan fingerprint density at radius 1 is 1.25 bits per heavy atom. The monoisotopic (exact) mass is 338 g/mol. The smallest absolute Gasteiger partial charge is 0.302 e. The topological polar surface area (TPSA) is 26.3 Å². The Morgan fingerprint density at radius 3 is 2.50 bits per heavy atom. The molecule has 2 nitrogen and oxygen atoms in total. The van der Waals surface area contributed by atoms with Crippen molar-refractivity contribution in [3.63, 3.8) is 0 Å². The first-order chi connectivity index (χ1) is 9.66. The fourth-order valence-electron chi connectivity index (χ4n) is 3.06. The molecular formula is C17H23BrO2. The Hall–Kier alpha value is -0.830. The number of carbonyl (C=O) groups is 1. The summed E-state index contributed by atoms with van der Waals surface area (Å²) in [5.41, 5.74) is 1.25. The van der Waals surface area contributed by atoms with Crippen LogP contribution in [0.1, 0.15) is 55.8 Å². The summed E-state index contributed by atoms with van der Waals surface area (Å²) in [6.45, 7) is 1.52. The van der Waals surface area contributed by atoms with Gasteiger partial charge in [-0.3, -0.25) is 4.79 Å². The third kappa shape index (κ3) is 4.62. The molecule has 1 fully saturated rings. The molecule has 1 saturated carbocycles. The first-order valence-electron chi connectivity index (χ1n) is 7.53. The Morgan fingerprint density at radius 2 is 1.90 bits per heavy atom. The normalized spacial score (nSPS) is 19.3. The molecule has 0 amide bonds. The highest BCUT2D eigenvalue weighted by Crippen LogP contribution is 2.35. The molecule has 2 atom stereocenters. The summed E-state index contributed by atoms with van der Waals surface area (Å²) in [7, 11) is 0. The van der Waals surface area contributed by atoms with Crippen LogP contribution in [0.15, 0.2) is 30.3 Å². The molecule has 2 rings (SSSR count). The van der Waals surface area contributed by atoms with Gasteiger partial charge in [-0.15, -0.1) is 0 Å². The Balaban J connectivity index is 2.01. The number of hydrogen-bond acceptors (Lipinski definition) is 2. The molecule has 1 aromatic rings. The van der Waals surface area contributed by atoms with Crippen molar-refractivity contribution in [3.05, 3.63) is 35.9 Å². The van der Waals surface area contributed by atoms with Crippen LogP contribution in [0.2, 0.25) is 0 Å². The van der Waals surface area contributed by atoms with Gasteiger partial charge < -0.3 is 4.74 Å². The molecule has 0 aliphatic heterocycles. The summed E-state index contributed by atoms with van der Waals surface area (Å²) < 4.78 is 5.61. The lowest BCUT2D eigenvalue weighted by Crippen LogP contribution is -2.29. The Labute approximate surface area is 130 Å². The molecular weight excluding hydrogens is 316 g/mol. The Bertz CT molecular complexity index is 412. The summed E-state index contributed by atoms with van der Waals surface area (Å²) in [5, 5.41) is 0. The fourth-order valence-corrected chi connectivity index (χ4v) is 3.73. The molecule has 1 aliphatic rings. The molecule has 0 bridgehead atoms. The molecule has 20 heavy (non-hydrogen) atoms. The average Bonchev–Trinajstić information content (AvgIpc) is 2.48. The van der Waals surface area contributed by atoms with Crippen molar-refractivity contribution in [2.75, 3.05) is 0 Å². The van der Waals surface area contributed by atoms with Crippen molar-refractivity contribution < 1.29 is 9.53 Å².